The third kappa shape index (κ3) is 5.60. The first-order valence-corrected chi connectivity index (χ1v) is 9.93. The molecule has 1 aliphatic rings. The van der Waals surface area contributed by atoms with Gasteiger partial charge < -0.3 is 9.64 Å². The molecule has 1 heterocycles. The van der Waals surface area contributed by atoms with Gasteiger partial charge in [0.15, 0.2) is 0 Å². The summed E-state index contributed by atoms with van der Waals surface area (Å²) in [5, 5.41) is -0.451. The fourth-order valence-corrected chi connectivity index (χ4v) is 3.43. The zero-order chi connectivity index (χ0) is 20.0. The summed E-state index contributed by atoms with van der Waals surface area (Å²) in [5.74, 6) is -0.835. The molecule has 7 heteroatoms. The Hall–Kier alpha value is -2.28. The van der Waals surface area contributed by atoms with Gasteiger partial charge in [0.2, 0.25) is 0 Å². The number of esters is 1. The average molecular weight is 391 g/mol. The van der Waals surface area contributed by atoms with Gasteiger partial charge in [-0.05, 0) is 55.3 Å². The number of amides is 2. The molecule has 0 saturated carbocycles. The molecule has 1 aromatic carbocycles. The lowest BCUT2D eigenvalue weighted by Crippen LogP contribution is -2.34. The number of hydrogen-bond acceptors (Lipinski definition) is 6. The summed E-state index contributed by atoms with van der Waals surface area (Å²) in [5.41, 5.74) is 1.94. The van der Waals surface area contributed by atoms with E-state index in [1.54, 1.807) is 6.08 Å². The fourth-order valence-electron chi connectivity index (χ4n) is 2.59. The molecule has 0 unspecified atom stereocenters. The van der Waals surface area contributed by atoms with E-state index < -0.39 is 17.1 Å². The normalized spacial score (nSPS) is 15.7. The predicted molar refractivity (Wildman–Crippen MR) is 108 cm³/mol. The van der Waals surface area contributed by atoms with Gasteiger partial charge in [-0.1, -0.05) is 26.0 Å². The van der Waals surface area contributed by atoms with Crippen molar-refractivity contribution in [3.05, 3.63) is 34.7 Å². The van der Waals surface area contributed by atoms with E-state index in [1.807, 2.05) is 38.1 Å². The Bertz CT molecular complexity index is 724. The summed E-state index contributed by atoms with van der Waals surface area (Å²) in [6, 6.07) is 7.82. The second-order valence-corrected chi connectivity index (χ2v) is 7.60. The van der Waals surface area contributed by atoms with Gasteiger partial charge in [-0.2, -0.15) is 0 Å². The van der Waals surface area contributed by atoms with Crippen molar-refractivity contribution in [1.29, 1.82) is 0 Å². The summed E-state index contributed by atoms with van der Waals surface area (Å²) < 4.78 is 5.05. The fraction of sp³-hybridized carbons (Fsp3) is 0.450. The third-order valence-electron chi connectivity index (χ3n) is 4.06. The Morgan fingerprint density at radius 3 is 2.37 bits per heavy atom. The van der Waals surface area contributed by atoms with Crippen molar-refractivity contribution in [3.63, 3.8) is 0 Å². The predicted octanol–water partition coefficient (Wildman–Crippen LogP) is 3.77. The van der Waals surface area contributed by atoms with E-state index in [1.165, 1.54) is 0 Å². The van der Waals surface area contributed by atoms with Crippen LogP contribution >= 0.6 is 11.8 Å². The van der Waals surface area contributed by atoms with Crippen molar-refractivity contribution < 1.29 is 19.1 Å². The molecule has 146 valence electrons. The van der Waals surface area contributed by atoms with Crippen molar-refractivity contribution in [2.24, 2.45) is 5.92 Å². The van der Waals surface area contributed by atoms with Gasteiger partial charge in [0.25, 0.3) is 11.1 Å². The minimum atomic E-state index is -0.573. The van der Waals surface area contributed by atoms with Crippen molar-refractivity contribution in [2.45, 2.75) is 27.7 Å². The number of carbonyl (C=O) groups is 3. The van der Waals surface area contributed by atoms with Crippen LogP contribution in [-0.4, -0.2) is 48.3 Å². The molecule has 0 N–H and O–H groups in total. The molecule has 27 heavy (non-hydrogen) atoms. The number of thioether (sulfide) groups is 1. The summed E-state index contributed by atoms with van der Waals surface area (Å²) >= 11 is 0.843. The van der Waals surface area contributed by atoms with Crippen molar-refractivity contribution >= 4 is 40.6 Å². The molecule has 1 fully saturated rings. The van der Waals surface area contributed by atoms with Crippen LogP contribution in [0.3, 0.4) is 0 Å². The van der Waals surface area contributed by atoms with Crippen LogP contribution in [0.2, 0.25) is 0 Å². The van der Waals surface area contributed by atoms with Crippen LogP contribution in [0.5, 0.6) is 0 Å². The Kier molecular flexibility index (Phi) is 7.47. The molecule has 6 nitrogen and oxygen atoms in total. The minimum absolute atomic E-state index is 0.197. The maximum atomic E-state index is 12.5. The number of rotatable bonds is 8. The van der Waals surface area contributed by atoms with Gasteiger partial charge in [0.1, 0.15) is 6.54 Å². The van der Waals surface area contributed by atoms with Crippen LogP contribution < -0.4 is 4.90 Å². The lowest BCUT2D eigenvalue weighted by atomic mass is 10.1. The molecule has 2 amide bonds. The third-order valence-corrected chi connectivity index (χ3v) is 4.97. The molecule has 1 aliphatic heterocycles. The molecule has 0 bridgehead atoms. The van der Waals surface area contributed by atoms with Gasteiger partial charge in [-0.25, -0.2) is 0 Å². The quantitative estimate of drug-likeness (QED) is 0.497. The molecular formula is C20H26N2O4S. The Balaban J connectivity index is 2.06. The number of hydrogen-bond donors (Lipinski definition) is 0. The molecular weight excluding hydrogens is 364 g/mol. The number of benzene rings is 1. The van der Waals surface area contributed by atoms with E-state index in [0.717, 1.165) is 41.0 Å². The smallest absolute Gasteiger partial charge is 0.326 e. The van der Waals surface area contributed by atoms with Crippen molar-refractivity contribution in [2.75, 3.05) is 31.1 Å². The second-order valence-electron chi connectivity index (χ2n) is 6.61. The van der Waals surface area contributed by atoms with Gasteiger partial charge in [-0.3, -0.25) is 19.3 Å². The molecule has 1 saturated heterocycles. The first-order chi connectivity index (χ1) is 12.8. The summed E-state index contributed by atoms with van der Waals surface area (Å²) in [4.78, 5) is 39.8. The van der Waals surface area contributed by atoms with E-state index in [4.69, 9.17) is 4.74 Å². The average Bonchev–Trinajstić information content (AvgIpc) is 2.90. The van der Waals surface area contributed by atoms with E-state index in [9.17, 15) is 14.4 Å². The summed E-state index contributed by atoms with van der Waals surface area (Å²) in [6.45, 7) is 9.78. The van der Waals surface area contributed by atoms with E-state index in [-0.39, 0.29) is 19.1 Å². The highest BCUT2D eigenvalue weighted by molar-refractivity contribution is 8.18. The van der Waals surface area contributed by atoms with E-state index >= 15 is 0 Å². The van der Waals surface area contributed by atoms with Crippen molar-refractivity contribution in [1.82, 2.24) is 4.90 Å². The maximum absolute atomic E-state index is 12.5. The topological polar surface area (TPSA) is 66.9 Å². The Morgan fingerprint density at radius 2 is 1.81 bits per heavy atom. The lowest BCUT2D eigenvalue weighted by Gasteiger charge is -2.20. The molecule has 2 rings (SSSR count). The molecule has 0 radical (unpaired) electrons. The van der Waals surface area contributed by atoms with Crippen LogP contribution in [0.4, 0.5) is 10.5 Å². The molecule has 1 aromatic rings. The highest BCUT2D eigenvalue weighted by Crippen LogP contribution is 2.32. The van der Waals surface area contributed by atoms with Crippen LogP contribution in [-0.2, 0) is 14.3 Å². The number of ether oxygens (including phenoxy) is 1. The Morgan fingerprint density at radius 1 is 1.19 bits per heavy atom. The largest absolute Gasteiger partial charge is 0.464 e. The number of carbonyl (C=O) groups excluding carboxylic acids is 3. The van der Waals surface area contributed by atoms with Gasteiger partial charge >= 0.3 is 5.97 Å². The van der Waals surface area contributed by atoms with Gasteiger partial charge in [0.05, 0.1) is 11.5 Å². The first-order valence-electron chi connectivity index (χ1n) is 9.11. The van der Waals surface area contributed by atoms with Crippen LogP contribution in [0, 0.1) is 5.92 Å². The summed E-state index contributed by atoms with van der Waals surface area (Å²) in [6.07, 6.45) is 1.68. The minimum Gasteiger partial charge on any atom is -0.464 e. The molecule has 0 atom stereocenters. The summed E-state index contributed by atoms with van der Waals surface area (Å²) in [7, 11) is 0. The zero-order valence-corrected chi connectivity index (χ0v) is 17.0. The number of nitrogens with zero attached hydrogens (tertiary/aromatic N) is 2. The first kappa shape index (κ1) is 21.0. The van der Waals surface area contributed by atoms with E-state index in [2.05, 4.69) is 18.7 Å². The van der Waals surface area contributed by atoms with Gasteiger partial charge in [-0.15, -0.1) is 0 Å². The Labute approximate surface area is 164 Å². The SMILES string of the molecule is CCN(CC)c1ccc(/C=C2/SC(=O)N(CC(=O)OCC(C)C)C2=O)cc1. The monoisotopic (exact) mass is 390 g/mol. The highest BCUT2D eigenvalue weighted by Gasteiger charge is 2.36. The number of anilines is 1. The van der Waals surface area contributed by atoms with Crippen molar-refractivity contribution in [3.8, 4) is 0 Å². The standard InChI is InChI=1S/C20H26N2O4S/c1-5-21(6-2)16-9-7-15(8-10-16)11-17-19(24)22(20(25)27-17)12-18(23)26-13-14(3)4/h7-11,14H,5-6,12-13H2,1-4H3/b17-11+. The number of imide groups is 1. The van der Waals surface area contributed by atoms with Crippen LogP contribution in [0.25, 0.3) is 6.08 Å². The van der Waals surface area contributed by atoms with E-state index in [0.29, 0.717) is 4.91 Å². The molecule has 0 spiro atoms. The second kappa shape index (κ2) is 9.60. The molecule has 0 aliphatic carbocycles. The molecule has 0 aromatic heterocycles. The van der Waals surface area contributed by atoms with Crippen LogP contribution in [0.1, 0.15) is 33.3 Å². The van der Waals surface area contributed by atoms with Gasteiger partial charge in [0, 0.05) is 18.8 Å². The highest BCUT2D eigenvalue weighted by atomic mass is 32.2. The zero-order valence-electron chi connectivity index (χ0n) is 16.2. The maximum Gasteiger partial charge on any atom is 0.326 e. The lowest BCUT2D eigenvalue weighted by molar-refractivity contribution is -0.147. The van der Waals surface area contributed by atoms with Crippen LogP contribution in [0.15, 0.2) is 29.2 Å².